The summed E-state index contributed by atoms with van der Waals surface area (Å²) >= 11 is 1.40. The standard InChI is InChI=1S/C32H37F3N4O4S2/c1-7-20-13-21-9-10-23(32(33,34)35)15-27(21)45(42,43)38(16-20)17-22-14-26(44-19(22)4)28(31(5,6)30(40)41)24-11-12-25-29(18(24)3)36-37-39(25)8-2/h9-12,14-15,20,28H,7-8,13,16-17H2,1-6H3,(H,40,41)/t20-,28?/m0/s1. The molecular weight excluding hydrogens is 626 g/mol. The first-order valence-electron chi connectivity index (χ1n) is 14.9. The quantitative estimate of drug-likeness (QED) is 0.215. The highest BCUT2D eigenvalue weighted by Gasteiger charge is 2.42. The molecule has 45 heavy (non-hydrogen) atoms. The third kappa shape index (κ3) is 5.90. The van der Waals surface area contributed by atoms with Crippen molar-refractivity contribution in [3.63, 3.8) is 0 Å². The van der Waals surface area contributed by atoms with Gasteiger partial charge in [0, 0.05) is 35.3 Å². The van der Waals surface area contributed by atoms with Gasteiger partial charge in [0.25, 0.3) is 0 Å². The maximum absolute atomic E-state index is 14.0. The SMILES string of the molecule is CC[C@H]1Cc2ccc(C(F)(F)F)cc2S(=O)(=O)N(Cc2cc(C(c3ccc4c(nnn4CC)c3C)C(C)(C)C(=O)O)sc2C)C1. The van der Waals surface area contributed by atoms with E-state index in [1.165, 1.54) is 21.7 Å². The molecule has 0 amide bonds. The first kappa shape index (κ1) is 33.1. The van der Waals surface area contributed by atoms with E-state index in [4.69, 9.17) is 0 Å². The molecule has 13 heteroatoms. The third-order valence-electron chi connectivity index (χ3n) is 9.10. The molecule has 0 fully saturated rings. The van der Waals surface area contributed by atoms with E-state index in [9.17, 15) is 31.5 Å². The van der Waals surface area contributed by atoms with Crippen LogP contribution in [0.25, 0.3) is 11.0 Å². The number of rotatable bonds is 8. The second-order valence-electron chi connectivity index (χ2n) is 12.3. The number of carboxylic acid groups (broad SMARTS) is 1. The third-order valence-corrected chi connectivity index (χ3v) is 12.1. The smallest absolute Gasteiger partial charge is 0.416 e. The Bertz CT molecular complexity index is 1880. The van der Waals surface area contributed by atoms with Crippen molar-refractivity contribution in [1.82, 2.24) is 19.3 Å². The van der Waals surface area contributed by atoms with Crippen molar-refractivity contribution in [2.45, 2.75) is 84.5 Å². The zero-order valence-corrected chi connectivity index (χ0v) is 27.7. The molecule has 1 aliphatic heterocycles. The number of nitrogens with zero attached hydrogens (tertiary/aromatic N) is 4. The normalized spacial score (nSPS) is 18.1. The van der Waals surface area contributed by atoms with Gasteiger partial charge in [-0.2, -0.15) is 17.5 Å². The summed E-state index contributed by atoms with van der Waals surface area (Å²) in [7, 11) is -4.27. The number of carbonyl (C=O) groups is 1. The van der Waals surface area contributed by atoms with Crippen LogP contribution in [-0.2, 0) is 40.5 Å². The lowest BCUT2D eigenvalue weighted by molar-refractivity contribution is -0.147. The molecule has 5 rings (SSSR count). The Hall–Kier alpha value is -3.29. The van der Waals surface area contributed by atoms with Crippen LogP contribution in [0.4, 0.5) is 13.2 Å². The molecule has 0 radical (unpaired) electrons. The number of sulfonamides is 1. The molecule has 0 aliphatic carbocycles. The van der Waals surface area contributed by atoms with E-state index in [1.807, 2.05) is 45.9 Å². The highest BCUT2D eigenvalue weighted by Crippen LogP contribution is 2.47. The summed E-state index contributed by atoms with van der Waals surface area (Å²) in [5.41, 5.74) is 1.96. The number of aromatic nitrogens is 3. The van der Waals surface area contributed by atoms with Crippen LogP contribution in [-0.4, -0.2) is 45.3 Å². The van der Waals surface area contributed by atoms with E-state index in [-0.39, 0.29) is 23.9 Å². The predicted molar refractivity (Wildman–Crippen MR) is 167 cm³/mol. The molecule has 2 aromatic heterocycles. The fourth-order valence-corrected chi connectivity index (χ4v) is 9.35. The topological polar surface area (TPSA) is 105 Å². The van der Waals surface area contributed by atoms with Crippen LogP contribution in [0.1, 0.15) is 77.6 Å². The fraction of sp³-hybridized carbons (Fsp3) is 0.469. The van der Waals surface area contributed by atoms with Crippen LogP contribution < -0.4 is 0 Å². The number of hydrogen-bond acceptors (Lipinski definition) is 6. The monoisotopic (exact) mass is 662 g/mol. The number of halogens is 3. The predicted octanol–water partition coefficient (Wildman–Crippen LogP) is 7.16. The zero-order valence-electron chi connectivity index (χ0n) is 26.1. The van der Waals surface area contributed by atoms with Gasteiger partial charge in [-0.25, -0.2) is 13.1 Å². The molecule has 0 saturated carbocycles. The number of alkyl halides is 3. The number of thiophene rings is 1. The van der Waals surface area contributed by atoms with Gasteiger partial charge in [-0.05, 0) is 93.5 Å². The van der Waals surface area contributed by atoms with E-state index < -0.39 is 39.1 Å². The van der Waals surface area contributed by atoms with Crippen LogP contribution in [0.2, 0.25) is 0 Å². The van der Waals surface area contributed by atoms with Crippen LogP contribution >= 0.6 is 11.3 Å². The van der Waals surface area contributed by atoms with Crippen molar-refractivity contribution < 1.29 is 31.5 Å². The van der Waals surface area contributed by atoms with Gasteiger partial charge < -0.3 is 5.11 Å². The lowest BCUT2D eigenvalue weighted by Gasteiger charge is -2.31. The minimum absolute atomic E-state index is 0.0418. The zero-order chi connectivity index (χ0) is 33.1. The Morgan fingerprint density at radius 1 is 1.13 bits per heavy atom. The van der Waals surface area contributed by atoms with E-state index in [1.54, 1.807) is 18.5 Å². The van der Waals surface area contributed by atoms with Crippen LogP contribution in [0.15, 0.2) is 41.3 Å². The number of benzene rings is 2. The molecule has 0 spiro atoms. The van der Waals surface area contributed by atoms with Gasteiger partial charge in [-0.3, -0.25) is 4.79 Å². The van der Waals surface area contributed by atoms with E-state index in [0.717, 1.165) is 38.5 Å². The number of carboxylic acids is 1. The molecular formula is C32H37F3N4O4S2. The molecule has 242 valence electrons. The lowest BCUT2D eigenvalue weighted by Crippen LogP contribution is -2.33. The van der Waals surface area contributed by atoms with Gasteiger partial charge in [-0.15, -0.1) is 16.4 Å². The molecule has 1 unspecified atom stereocenters. The molecule has 0 saturated heterocycles. The highest BCUT2D eigenvalue weighted by molar-refractivity contribution is 7.89. The average molecular weight is 663 g/mol. The minimum Gasteiger partial charge on any atom is -0.481 e. The highest BCUT2D eigenvalue weighted by atomic mass is 32.2. The van der Waals surface area contributed by atoms with E-state index >= 15 is 0 Å². The lowest BCUT2D eigenvalue weighted by atomic mass is 9.72. The molecule has 1 N–H and O–H groups in total. The van der Waals surface area contributed by atoms with Gasteiger partial charge >= 0.3 is 12.1 Å². The maximum Gasteiger partial charge on any atom is 0.416 e. The van der Waals surface area contributed by atoms with Crippen molar-refractivity contribution >= 4 is 38.4 Å². The van der Waals surface area contributed by atoms with Gasteiger partial charge in [0.05, 0.1) is 21.4 Å². The van der Waals surface area contributed by atoms with Crippen molar-refractivity contribution in [3.8, 4) is 0 Å². The minimum atomic E-state index is -4.68. The van der Waals surface area contributed by atoms with Crippen LogP contribution in [0.5, 0.6) is 0 Å². The number of aryl methyl sites for hydroxylation is 3. The van der Waals surface area contributed by atoms with E-state index in [0.29, 0.717) is 36.0 Å². The second kappa shape index (κ2) is 11.8. The van der Waals surface area contributed by atoms with Gasteiger partial charge in [0.2, 0.25) is 10.0 Å². The largest absolute Gasteiger partial charge is 0.481 e. The molecule has 4 aromatic rings. The van der Waals surface area contributed by atoms with Crippen molar-refractivity contribution in [2.24, 2.45) is 11.3 Å². The first-order valence-corrected chi connectivity index (χ1v) is 17.1. The Balaban J connectivity index is 1.59. The summed E-state index contributed by atoms with van der Waals surface area (Å²) in [5.74, 6) is -1.67. The number of fused-ring (bicyclic) bond motifs is 2. The molecule has 1 aliphatic rings. The molecule has 3 heterocycles. The van der Waals surface area contributed by atoms with Gasteiger partial charge in [-0.1, -0.05) is 30.7 Å². The maximum atomic E-state index is 14.0. The summed E-state index contributed by atoms with van der Waals surface area (Å²) in [4.78, 5) is 13.9. The Kier molecular flexibility index (Phi) is 8.69. The summed E-state index contributed by atoms with van der Waals surface area (Å²) in [6, 6.07) is 8.65. The Morgan fingerprint density at radius 2 is 1.84 bits per heavy atom. The Morgan fingerprint density at radius 3 is 2.47 bits per heavy atom. The first-order chi connectivity index (χ1) is 21.0. The number of hydrogen-bond donors (Lipinski definition) is 1. The summed E-state index contributed by atoms with van der Waals surface area (Å²) in [6.45, 7) is 11.7. The summed E-state index contributed by atoms with van der Waals surface area (Å²) < 4.78 is 71.8. The van der Waals surface area contributed by atoms with E-state index in [2.05, 4.69) is 10.3 Å². The molecule has 8 nitrogen and oxygen atoms in total. The number of aliphatic carboxylic acids is 1. The van der Waals surface area contributed by atoms with Crippen LogP contribution in [0.3, 0.4) is 0 Å². The second-order valence-corrected chi connectivity index (χ2v) is 15.5. The summed E-state index contributed by atoms with van der Waals surface area (Å²) in [6.07, 6.45) is -3.67. The van der Waals surface area contributed by atoms with Crippen LogP contribution in [0, 0.1) is 25.2 Å². The van der Waals surface area contributed by atoms with Crippen molar-refractivity contribution in [3.05, 3.63) is 74.0 Å². The molecule has 2 atom stereocenters. The average Bonchev–Trinajstić information content (AvgIpc) is 3.52. The molecule has 0 bridgehead atoms. The van der Waals surface area contributed by atoms with Gasteiger partial charge in [0.1, 0.15) is 5.52 Å². The fourth-order valence-electron chi connectivity index (χ4n) is 6.25. The molecule has 2 aromatic carbocycles. The van der Waals surface area contributed by atoms with Crippen molar-refractivity contribution in [2.75, 3.05) is 6.54 Å². The summed E-state index contributed by atoms with van der Waals surface area (Å²) in [5, 5.41) is 18.9. The Labute approximate surface area is 264 Å². The van der Waals surface area contributed by atoms with Gasteiger partial charge in [0.15, 0.2) is 0 Å². The van der Waals surface area contributed by atoms with Crippen molar-refractivity contribution in [1.29, 1.82) is 0 Å².